The van der Waals surface area contributed by atoms with Crippen molar-refractivity contribution in [1.29, 1.82) is 0 Å². The van der Waals surface area contributed by atoms with Crippen LogP contribution in [-0.4, -0.2) is 88.2 Å². The number of ether oxygens (including phenoxy) is 1. The molecule has 4 rings (SSSR count). The number of hydrogen-bond donors (Lipinski definition) is 2. The van der Waals surface area contributed by atoms with E-state index in [0.717, 1.165) is 5.56 Å². The smallest absolute Gasteiger partial charge is 0.325 e. The van der Waals surface area contributed by atoms with E-state index >= 15 is 0 Å². The van der Waals surface area contributed by atoms with Gasteiger partial charge in [0, 0.05) is 32.8 Å². The molecule has 0 aromatic heterocycles. The SMILES string of the molecule is CN(Cc1ccccc1)C1=NC2C(C(=O)NC(=O)N2C)N1CC(O)COc1ccc([N+](=O)[O-])cc1. The summed E-state index contributed by atoms with van der Waals surface area (Å²) in [5.74, 6) is 0.341. The molecule has 2 heterocycles. The molecule has 2 N–H and O–H groups in total. The number of aliphatic hydroxyl groups is 1. The van der Waals surface area contributed by atoms with Crippen LogP contribution in [0.1, 0.15) is 5.56 Å². The van der Waals surface area contributed by atoms with Gasteiger partial charge >= 0.3 is 6.03 Å². The number of imide groups is 1. The molecule has 0 bridgehead atoms. The molecule has 1 saturated heterocycles. The van der Waals surface area contributed by atoms with Crippen molar-refractivity contribution in [2.45, 2.75) is 24.9 Å². The van der Waals surface area contributed by atoms with Crippen LogP contribution < -0.4 is 10.1 Å². The van der Waals surface area contributed by atoms with Gasteiger partial charge in [0.25, 0.3) is 11.6 Å². The summed E-state index contributed by atoms with van der Waals surface area (Å²) < 4.78 is 5.59. The quantitative estimate of drug-likeness (QED) is 0.420. The number of aliphatic hydroxyl groups excluding tert-OH is 1. The molecule has 0 saturated carbocycles. The lowest BCUT2D eigenvalue weighted by atomic mass is 10.1. The van der Waals surface area contributed by atoms with Crippen molar-refractivity contribution < 1.29 is 24.4 Å². The number of urea groups is 1. The molecular weight excluding hydrogens is 456 g/mol. The van der Waals surface area contributed by atoms with Crippen LogP contribution in [0.15, 0.2) is 59.6 Å². The number of aliphatic imine (C=N–C) groups is 1. The van der Waals surface area contributed by atoms with E-state index in [0.29, 0.717) is 18.3 Å². The van der Waals surface area contributed by atoms with E-state index in [9.17, 15) is 24.8 Å². The normalized spacial score (nSPS) is 20.1. The first kappa shape index (κ1) is 24.0. The van der Waals surface area contributed by atoms with Gasteiger partial charge in [-0.1, -0.05) is 30.3 Å². The Morgan fingerprint density at radius 2 is 1.89 bits per heavy atom. The zero-order valence-electron chi connectivity index (χ0n) is 19.3. The molecule has 2 aliphatic rings. The molecule has 3 atom stereocenters. The molecule has 0 radical (unpaired) electrons. The third-order valence-electron chi connectivity index (χ3n) is 5.84. The Bertz CT molecular complexity index is 1130. The Labute approximate surface area is 201 Å². The van der Waals surface area contributed by atoms with Gasteiger partial charge in [0.05, 0.1) is 11.5 Å². The van der Waals surface area contributed by atoms with Crippen LogP contribution in [0, 0.1) is 10.1 Å². The molecule has 2 aliphatic heterocycles. The number of amides is 3. The summed E-state index contributed by atoms with van der Waals surface area (Å²) in [6.07, 6.45) is -1.75. The average molecular weight is 482 g/mol. The molecule has 2 aromatic rings. The molecule has 12 nitrogen and oxygen atoms in total. The Balaban J connectivity index is 1.49. The number of β-amino-alcohol motifs (C(OH)–C–C–N with tert-alkyl or cyclic N) is 1. The van der Waals surface area contributed by atoms with Gasteiger partial charge < -0.3 is 24.5 Å². The number of non-ortho nitro benzene ring substituents is 1. The summed E-state index contributed by atoms with van der Waals surface area (Å²) >= 11 is 0. The van der Waals surface area contributed by atoms with Gasteiger partial charge in [0.15, 0.2) is 18.2 Å². The fraction of sp³-hybridized carbons (Fsp3) is 0.348. The number of nitrogens with one attached hydrogen (secondary N) is 1. The van der Waals surface area contributed by atoms with Crippen molar-refractivity contribution in [3.05, 3.63) is 70.3 Å². The predicted molar refractivity (Wildman–Crippen MR) is 126 cm³/mol. The molecular formula is C23H26N6O6. The number of rotatable bonds is 8. The Morgan fingerprint density at radius 1 is 1.20 bits per heavy atom. The molecule has 184 valence electrons. The summed E-state index contributed by atoms with van der Waals surface area (Å²) in [6, 6.07) is 13.9. The maximum atomic E-state index is 12.8. The van der Waals surface area contributed by atoms with Crippen molar-refractivity contribution >= 4 is 23.6 Å². The summed E-state index contributed by atoms with van der Waals surface area (Å²) in [7, 11) is 3.39. The molecule has 12 heteroatoms. The van der Waals surface area contributed by atoms with Crippen LogP contribution in [0.3, 0.4) is 0 Å². The van der Waals surface area contributed by atoms with E-state index in [2.05, 4.69) is 10.3 Å². The molecule has 0 spiro atoms. The molecule has 35 heavy (non-hydrogen) atoms. The van der Waals surface area contributed by atoms with Crippen LogP contribution in [0.5, 0.6) is 5.75 Å². The molecule has 0 aliphatic carbocycles. The van der Waals surface area contributed by atoms with Crippen LogP contribution >= 0.6 is 0 Å². The van der Waals surface area contributed by atoms with E-state index < -0.39 is 35.2 Å². The fourth-order valence-corrected chi connectivity index (χ4v) is 4.09. The summed E-state index contributed by atoms with van der Waals surface area (Å²) in [4.78, 5) is 44.8. The van der Waals surface area contributed by atoms with Crippen molar-refractivity contribution in [2.75, 3.05) is 27.2 Å². The zero-order valence-corrected chi connectivity index (χ0v) is 19.3. The number of nitro groups is 1. The van der Waals surface area contributed by atoms with Crippen LogP contribution in [-0.2, 0) is 11.3 Å². The first-order valence-corrected chi connectivity index (χ1v) is 11.0. The van der Waals surface area contributed by atoms with Gasteiger partial charge in [-0.15, -0.1) is 0 Å². The second-order valence-corrected chi connectivity index (χ2v) is 8.40. The highest BCUT2D eigenvalue weighted by Crippen LogP contribution is 2.26. The fourth-order valence-electron chi connectivity index (χ4n) is 4.09. The minimum absolute atomic E-state index is 0.0154. The van der Waals surface area contributed by atoms with E-state index in [-0.39, 0.29) is 18.8 Å². The van der Waals surface area contributed by atoms with Gasteiger partial charge in [0.2, 0.25) is 0 Å². The Morgan fingerprint density at radius 3 is 2.54 bits per heavy atom. The number of carbonyl (C=O) groups excluding carboxylic acids is 2. The summed E-state index contributed by atoms with van der Waals surface area (Å²) in [5.41, 5.74) is 0.966. The Hall–Kier alpha value is -4.19. The number of nitro benzene ring substituents is 1. The summed E-state index contributed by atoms with van der Waals surface area (Å²) in [6.45, 7) is 0.406. The lowest BCUT2D eigenvalue weighted by molar-refractivity contribution is -0.384. The number of fused-ring (bicyclic) bond motifs is 1. The highest BCUT2D eigenvalue weighted by Gasteiger charge is 2.49. The third-order valence-corrected chi connectivity index (χ3v) is 5.84. The number of nitrogens with zero attached hydrogens (tertiary/aromatic N) is 5. The molecule has 3 unspecified atom stereocenters. The minimum Gasteiger partial charge on any atom is -0.491 e. The third kappa shape index (κ3) is 5.17. The number of guanidine groups is 1. The molecule has 2 aromatic carbocycles. The lowest BCUT2D eigenvalue weighted by Gasteiger charge is -2.37. The maximum absolute atomic E-state index is 12.8. The van der Waals surface area contributed by atoms with Crippen LogP contribution in [0.25, 0.3) is 0 Å². The van der Waals surface area contributed by atoms with Crippen LogP contribution in [0.4, 0.5) is 10.5 Å². The van der Waals surface area contributed by atoms with Crippen molar-refractivity contribution in [2.24, 2.45) is 4.99 Å². The zero-order chi connectivity index (χ0) is 25.1. The van der Waals surface area contributed by atoms with Crippen molar-refractivity contribution in [3.8, 4) is 5.75 Å². The van der Waals surface area contributed by atoms with Gasteiger partial charge in [-0.05, 0) is 17.7 Å². The van der Waals surface area contributed by atoms with Crippen molar-refractivity contribution in [1.82, 2.24) is 20.0 Å². The minimum atomic E-state index is -1.02. The Kier molecular flexibility index (Phi) is 6.82. The van der Waals surface area contributed by atoms with E-state index in [1.54, 1.807) is 11.9 Å². The predicted octanol–water partition coefficient (Wildman–Crippen LogP) is 1.01. The number of hydrogen-bond acceptors (Lipinski definition) is 9. The number of benzene rings is 2. The first-order chi connectivity index (χ1) is 16.7. The van der Waals surface area contributed by atoms with Gasteiger partial charge in [-0.2, -0.15) is 0 Å². The number of carbonyl (C=O) groups is 2. The number of likely N-dealkylation sites (N-methyl/N-ethyl adjacent to an activating group) is 1. The second-order valence-electron chi connectivity index (χ2n) is 8.40. The van der Waals surface area contributed by atoms with Gasteiger partial charge in [-0.25, -0.2) is 9.79 Å². The lowest BCUT2D eigenvalue weighted by Crippen LogP contribution is -2.65. The van der Waals surface area contributed by atoms with E-state index in [1.807, 2.05) is 42.3 Å². The molecule has 3 amide bonds. The topological polar surface area (TPSA) is 141 Å². The van der Waals surface area contributed by atoms with Crippen molar-refractivity contribution in [3.63, 3.8) is 0 Å². The monoisotopic (exact) mass is 482 g/mol. The highest BCUT2D eigenvalue weighted by molar-refractivity contribution is 6.03. The second kappa shape index (κ2) is 9.97. The standard InChI is InChI=1S/C23H26N6O6/c1-26(12-15-6-4-3-5-7-15)22-24-20-19(21(31)25-23(32)27(20)2)28(22)13-17(30)14-35-18-10-8-16(9-11-18)29(33)34/h3-11,17,19-20,30H,12-14H2,1-2H3,(H,25,31,32). The highest BCUT2D eigenvalue weighted by atomic mass is 16.6. The van der Waals surface area contributed by atoms with Crippen LogP contribution in [0.2, 0.25) is 0 Å². The maximum Gasteiger partial charge on any atom is 0.325 e. The largest absolute Gasteiger partial charge is 0.491 e. The van der Waals surface area contributed by atoms with Gasteiger partial charge in [0.1, 0.15) is 18.5 Å². The van der Waals surface area contributed by atoms with E-state index in [4.69, 9.17) is 4.74 Å². The van der Waals surface area contributed by atoms with Gasteiger partial charge in [-0.3, -0.25) is 20.2 Å². The molecule has 1 fully saturated rings. The van der Waals surface area contributed by atoms with E-state index in [1.165, 1.54) is 29.2 Å². The first-order valence-electron chi connectivity index (χ1n) is 11.0. The average Bonchev–Trinajstić information content (AvgIpc) is 3.22. The summed E-state index contributed by atoms with van der Waals surface area (Å²) in [5, 5.41) is 23.9.